The second kappa shape index (κ2) is 7.82. The van der Waals surface area contributed by atoms with Crippen molar-refractivity contribution in [1.82, 2.24) is 10.9 Å². The van der Waals surface area contributed by atoms with Crippen LogP contribution in [-0.4, -0.2) is 11.8 Å². The van der Waals surface area contributed by atoms with Gasteiger partial charge in [0.05, 0.1) is 10.6 Å². The Kier molecular flexibility index (Phi) is 5.81. The molecule has 2 amide bonds. The van der Waals surface area contributed by atoms with Crippen LogP contribution in [0, 0.1) is 0 Å². The summed E-state index contributed by atoms with van der Waals surface area (Å²) in [5.41, 5.74) is 6.01. The van der Waals surface area contributed by atoms with Crippen molar-refractivity contribution in [1.29, 1.82) is 0 Å². The number of amides is 2. The molecule has 2 rings (SSSR count). The van der Waals surface area contributed by atoms with Crippen LogP contribution < -0.4 is 10.9 Å². The van der Waals surface area contributed by atoms with E-state index in [4.69, 9.17) is 23.2 Å². The van der Waals surface area contributed by atoms with Crippen molar-refractivity contribution in [2.75, 3.05) is 0 Å². The third kappa shape index (κ3) is 4.76. The summed E-state index contributed by atoms with van der Waals surface area (Å²) in [5.74, 6) is -0.735. The van der Waals surface area contributed by atoms with Crippen molar-refractivity contribution in [2.24, 2.45) is 0 Å². The normalized spacial score (nSPS) is 10.1. The first-order valence-electron chi connectivity index (χ1n) is 6.64. The Labute approximate surface area is 138 Å². The van der Waals surface area contributed by atoms with E-state index < -0.39 is 5.91 Å². The van der Waals surface area contributed by atoms with Gasteiger partial charge in [-0.15, -0.1) is 0 Å². The summed E-state index contributed by atoms with van der Waals surface area (Å²) in [6.45, 7) is 0. The summed E-state index contributed by atoms with van der Waals surface area (Å²) in [7, 11) is 0. The van der Waals surface area contributed by atoms with Gasteiger partial charge in [-0.05, 0) is 36.2 Å². The number of nitrogens with one attached hydrogen (secondary N) is 2. The summed E-state index contributed by atoms with van der Waals surface area (Å²) < 4.78 is 0. The number of carbonyl (C=O) groups excluding carboxylic acids is 2. The average Bonchev–Trinajstić information content (AvgIpc) is 2.52. The minimum atomic E-state index is -0.453. The van der Waals surface area contributed by atoms with E-state index in [1.165, 1.54) is 0 Å². The third-order valence-electron chi connectivity index (χ3n) is 2.99. The van der Waals surface area contributed by atoms with E-state index in [1.807, 2.05) is 12.1 Å². The van der Waals surface area contributed by atoms with E-state index in [9.17, 15) is 9.59 Å². The lowest BCUT2D eigenvalue weighted by atomic mass is 10.1. The van der Waals surface area contributed by atoms with Crippen molar-refractivity contribution >= 4 is 35.0 Å². The molecule has 0 radical (unpaired) electrons. The van der Waals surface area contributed by atoms with E-state index in [1.54, 1.807) is 36.4 Å². The molecule has 2 N–H and O–H groups in total. The van der Waals surface area contributed by atoms with Gasteiger partial charge < -0.3 is 0 Å². The molecule has 0 spiro atoms. The van der Waals surface area contributed by atoms with Crippen molar-refractivity contribution in [3.05, 3.63) is 69.7 Å². The van der Waals surface area contributed by atoms with Crippen molar-refractivity contribution in [3.8, 4) is 0 Å². The smallest absolute Gasteiger partial charge is 0.271 e. The highest BCUT2D eigenvalue weighted by Crippen LogP contribution is 2.14. The Hall–Kier alpha value is -2.04. The molecule has 0 bridgehead atoms. The van der Waals surface area contributed by atoms with Crippen LogP contribution in [-0.2, 0) is 11.2 Å². The second-order valence-electron chi connectivity index (χ2n) is 4.61. The number of benzene rings is 2. The zero-order chi connectivity index (χ0) is 15.9. The molecule has 0 aromatic heterocycles. The highest BCUT2D eigenvalue weighted by Gasteiger charge is 2.10. The van der Waals surface area contributed by atoms with Gasteiger partial charge in [-0.1, -0.05) is 47.5 Å². The average molecular weight is 337 g/mol. The fraction of sp³-hybridized carbons (Fsp3) is 0.125. The fourth-order valence-electron chi connectivity index (χ4n) is 1.81. The molecular formula is C16H14Cl2N2O2. The van der Waals surface area contributed by atoms with Crippen LogP contribution in [0.3, 0.4) is 0 Å². The van der Waals surface area contributed by atoms with Gasteiger partial charge in [-0.2, -0.15) is 0 Å². The Morgan fingerprint density at radius 3 is 2.27 bits per heavy atom. The fourth-order valence-corrected chi connectivity index (χ4v) is 2.16. The minimum absolute atomic E-state index is 0.254. The molecule has 0 saturated heterocycles. The lowest BCUT2D eigenvalue weighted by Crippen LogP contribution is -2.41. The number of hydrogen-bond donors (Lipinski definition) is 2. The van der Waals surface area contributed by atoms with Crippen LogP contribution in [0.25, 0.3) is 0 Å². The quantitative estimate of drug-likeness (QED) is 0.841. The van der Waals surface area contributed by atoms with Gasteiger partial charge in [-0.3, -0.25) is 20.4 Å². The first-order valence-corrected chi connectivity index (χ1v) is 7.40. The monoisotopic (exact) mass is 336 g/mol. The molecule has 0 saturated carbocycles. The van der Waals surface area contributed by atoms with Crippen LogP contribution in [0.2, 0.25) is 10.0 Å². The Morgan fingerprint density at radius 2 is 1.59 bits per heavy atom. The number of halogens is 2. The summed E-state index contributed by atoms with van der Waals surface area (Å²) in [6.07, 6.45) is 0.815. The summed E-state index contributed by atoms with van der Waals surface area (Å²) in [6, 6.07) is 13.9. The Balaban J connectivity index is 1.79. The molecule has 0 atom stereocenters. The number of carbonyl (C=O) groups is 2. The van der Waals surface area contributed by atoms with Crippen molar-refractivity contribution in [2.45, 2.75) is 12.8 Å². The van der Waals surface area contributed by atoms with Crippen LogP contribution in [0.5, 0.6) is 0 Å². The van der Waals surface area contributed by atoms with Crippen molar-refractivity contribution < 1.29 is 9.59 Å². The summed E-state index contributed by atoms with van der Waals surface area (Å²) in [5, 5.41) is 0.982. The molecule has 0 aliphatic rings. The van der Waals surface area contributed by atoms with Gasteiger partial charge >= 0.3 is 0 Å². The molecular weight excluding hydrogens is 323 g/mol. The van der Waals surface area contributed by atoms with Gasteiger partial charge in [0, 0.05) is 11.4 Å². The maximum Gasteiger partial charge on any atom is 0.271 e. The number of hydrogen-bond acceptors (Lipinski definition) is 2. The highest BCUT2D eigenvalue weighted by molar-refractivity contribution is 6.33. The first kappa shape index (κ1) is 16.3. The molecule has 2 aromatic carbocycles. The summed E-state index contributed by atoms with van der Waals surface area (Å²) in [4.78, 5) is 23.6. The maximum absolute atomic E-state index is 11.9. The zero-order valence-corrected chi connectivity index (χ0v) is 13.1. The molecule has 0 fully saturated rings. The number of rotatable bonds is 4. The van der Waals surface area contributed by atoms with Gasteiger partial charge in [0.25, 0.3) is 5.91 Å². The molecule has 0 aliphatic carbocycles. The largest absolute Gasteiger partial charge is 0.273 e. The van der Waals surface area contributed by atoms with E-state index in [0.29, 0.717) is 22.0 Å². The van der Waals surface area contributed by atoms with Crippen LogP contribution in [0.1, 0.15) is 22.3 Å². The van der Waals surface area contributed by atoms with Gasteiger partial charge in [0.15, 0.2) is 0 Å². The number of aryl methyl sites for hydroxylation is 1. The zero-order valence-electron chi connectivity index (χ0n) is 11.6. The SMILES string of the molecule is O=C(CCc1ccc(Cl)cc1)NNC(=O)c1ccccc1Cl. The predicted octanol–water partition coefficient (Wildman–Crippen LogP) is 3.39. The predicted molar refractivity (Wildman–Crippen MR) is 86.8 cm³/mol. The third-order valence-corrected chi connectivity index (χ3v) is 3.57. The second-order valence-corrected chi connectivity index (χ2v) is 5.45. The molecule has 2 aromatic rings. The molecule has 6 heteroatoms. The topological polar surface area (TPSA) is 58.2 Å². The maximum atomic E-state index is 11.9. The van der Waals surface area contributed by atoms with Gasteiger partial charge in [0.2, 0.25) is 5.91 Å². The van der Waals surface area contributed by atoms with E-state index in [0.717, 1.165) is 5.56 Å². The highest BCUT2D eigenvalue weighted by atomic mass is 35.5. The van der Waals surface area contributed by atoms with E-state index >= 15 is 0 Å². The molecule has 4 nitrogen and oxygen atoms in total. The van der Waals surface area contributed by atoms with Crippen molar-refractivity contribution in [3.63, 3.8) is 0 Å². The first-order chi connectivity index (χ1) is 10.6. The molecule has 0 heterocycles. The van der Waals surface area contributed by atoms with Crippen LogP contribution in [0.4, 0.5) is 0 Å². The van der Waals surface area contributed by atoms with Crippen LogP contribution in [0.15, 0.2) is 48.5 Å². The number of hydrazine groups is 1. The summed E-state index contributed by atoms with van der Waals surface area (Å²) >= 11 is 11.7. The molecule has 22 heavy (non-hydrogen) atoms. The lowest BCUT2D eigenvalue weighted by molar-refractivity contribution is -0.121. The Bertz CT molecular complexity index is 672. The van der Waals surface area contributed by atoms with E-state index in [-0.39, 0.29) is 12.3 Å². The molecule has 0 aliphatic heterocycles. The van der Waals surface area contributed by atoms with Gasteiger partial charge in [-0.25, -0.2) is 0 Å². The Morgan fingerprint density at radius 1 is 0.909 bits per heavy atom. The molecule has 0 unspecified atom stereocenters. The van der Waals surface area contributed by atoms with Gasteiger partial charge in [0.1, 0.15) is 0 Å². The minimum Gasteiger partial charge on any atom is -0.273 e. The standard InChI is InChI=1S/C16H14Cl2N2O2/c17-12-8-5-11(6-9-12)7-10-15(21)19-20-16(22)13-3-1-2-4-14(13)18/h1-6,8-9H,7,10H2,(H,19,21)(H,20,22). The van der Waals surface area contributed by atoms with Crippen LogP contribution >= 0.6 is 23.2 Å². The van der Waals surface area contributed by atoms with E-state index in [2.05, 4.69) is 10.9 Å². The molecule has 114 valence electrons. The lowest BCUT2D eigenvalue weighted by Gasteiger charge is -2.08.